The molecular formula is C20H36O2. The van der Waals surface area contributed by atoms with Gasteiger partial charge in [-0.15, -0.1) is 12.3 Å². The van der Waals surface area contributed by atoms with E-state index in [0.29, 0.717) is 6.42 Å². The molecule has 0 unspecified atom stereocenters. The highest BCUT2D eigenvalue weighted by molar-refractivity contribution is 5.68. The molecular weight excluding hydrogens is 272 g/mol. The van der Waals surface area contributed by atoms with Crippen molar-refractivity contribution in [1.82, 2.24) is 0 Å². The number of terminal acetylenes is 1. The summed E-state index contributed by atoms with van der Waals surface area (Å²) in [5.74, 6) is 2.63. The third-order valence-electron chi connectivity index (χ3n) is 4.18. The summed E-state index contributed by atoms with van der Waals surface area (Å²) in [5, 5.41) is 0. The van der Waals surface area contributed by atoms with Crippen molar-refractivity contribution in [3.8, 4) is 12.3 Å². The molecule has 0 heterocycles. The van der Waals surface area contributed by atoms with Gasteiger partial charge in [-0.2, -0.15) is 0 Å². The smallest absolute Gasteiger partial charge is 0.305 e. The number of hydrogen-bond donors (Lipinski definition) is 0. The van der Waals surface area contributed by atoms with Gasteiger partial charge in [0.25, 0.3) is 0 Å². The first kappa shape index (κ1) is 21.0. The van der Waals surface area contributed by atoms with E-state index < -0.39 is 0 Å². The molecule has 0 N–H and O–H groups in total. The maximum Gasteiger partial charge on any atom is 0.305 e. The maximum atomic E-state index is 10.9. The first-order chi connectivity index (χ1) is 10.8. The number of hydrogen-bond acceptors (Lipinski definition) is 2. The molecule has 22 heavy (non-hydrogen) atoms. The summed E-state index contributed by atoms with van der Waals surface area (Å²) in [7, 11) is 1.46. The molecule has 0 saturated heterocycles. The maximum absolute atomic E-state index is 10.9. The number of carbonyl (C=O) groups is 1. The van der Waals surface area contributed by atoms with E-state index in [9.17, 15) is 4.79 Å². The first-order valence-electron chi connectivity index (χ1n) is 9.31. The van der Waals surface area contributed by atoms with Crippen LogP contribution in [0.3, 0.4) is 0 Å². The highest BCUT2D eigenvalue weighted by atomic mass is 16.5. The monoisotopic (exact) mass is 308 g/mol. The van der Waals surface area contributed by atoms with Crippen LogP contribution in [0.1, 0.15) is 103 Å². The SMILES string of the molecule is C#CCCCCCCCCCCCCCCCCC(=O)OC. The molecule has 0 atom stereocenters. The van der Waals surface area contributed by atoms with Crippen LogP contribution in [0.25, 0.3) is 0 Å². The second-order valence-corrected chi connectivity index (χ2v) is 6.23. The fourth-order valence-electron chi connectivity index (χ4n) is 2.72. The van der Waals surface area contributed by atoms with Gasteiger partial charge < -0.3 is 4.74 Å². The van der Waals surface area contributed by atoms with Crippen molar-refractivity contribution in [2.45, 2.75) is 103 Å². The van der Waals surface area contributed by atoms with Crippen molar-refractivity contribution in [2.24, 2.45) is 0 Å². The van der Waals surface area contributed by atoms with E-state index in [0.717, 1.165) is 19.3 Å². The molecule has 0 aromatic rings. The summed E-state index contributed by atoms with van der Waals surface area (Å²) in [5.41, 5.74) is 0. The van der Waals surface area contributed by atoms with Gasteiger partial charge >= 0.3 is 5.97 Å². The Kier molecular flexibility index (Phi) is 17.3. The van der Waals surface area contributed by atoms with Crippen LogP contribution in [-0.2, 0) is 9.53 Å². The van der Waals surface area contributed by atoms with Crippen LogP contribution in [0.2, 0.25) is 0 Å². The van der Waals surface area contributed by atoms with Crippen LogP contribution < -0.4 is 0 Å². The molecule has 2 nitrogen and oxygen atoms in total. The highest BCUT2D eigenvalue weighted by Crippen LogP contribution is 2.13. The molecule has 0 rings (SSSR count). The average molecular weight is 309 g/mol. The topological polar surface area (TPSA) is 26.3 Å². The molecule has 0 amide bonds. The van der Waals surface area contributed by atoms with E-state index in [1.54, 1.807) is 0 Å². The Morgan fingerprint density at radius 1 is 0.727 bits per heavy atom. The minimum Gasteiger partial charge on any atom is -0.469 e. The molecule has 0 saturated carbocycles. The van der Waals surface area contributed by atoms with Gasteiger partial charge in [0.15, 0.2) is 0 Å². The summed E-state index contributed by atoms with van der Waals surface area (Å²) < 4.78 is 4.63. The Labute approximate surface area is 138 Å². The van der Waals surface area contributed by atoms with Crippen molar-refractivity contribution in [2.75, 3.05) is 7.11 Å². The summed E-state index contributed by atoms with van der Waals surface area (Å²) in [6, 6.07) is 0. The van der Waals surface area contributed by atoms with Crippen LogP contribution in [-0.4, -0.2) is 13.1 Å². The second-order valence-electron chi connectivity index (χ2n) is 6.23. The number of methoxy groups -OCH3 is 1. The lowest BCUT2D eigenvalue weighted by Crippen LogP contribution is -1.99. The lowest BCUT2D eigenvalue weighted by atomic mass is 10.0. The Morgan fingerprint density at radius 3 is 1.45 bits per heavy atom. The molecule has 0 spiro atoms. The van der Waals surface area contributed by atoms with Crippen LogP contribution >= 0.6 is 0 Å². The molecule has 0 aliphatic heterocycles. The van der Waals surface area contributed by atoms with E-state index in [4.69, 9.17) is 6.42 Å². The van der Waals surface area contributed by atoms with Gasteiger partial charge in [0.2, 0.25) is 0 Å². The highest BCUT2D eigenvalue weighted by Gasteiger charge is 1.99. The number of esters is 1. The van der Waals surface area contributed by atoms with E-state index in [1.807, 2.05) is 0 Å². The van der Waals surface area contributed by atoms with Crippen molar-refractivity contribution in [3.05, 3.63) is 0 Å². The Hall–Kier alpha value is -0.970. The number of carbonyl (C=O) groups excluding carboxylic acids is 1. The third-order valence-corrected chi connectivity index (χ3v) is 4.18. The number of ether oxygens (including phenoxy) is 1. The lowest BCUT2D eigenvalue weighted by Gasteiger charge is -2.03. The fourth-order valence-corrected chi connectivity index (χ4v) is 2.72. The second kappa shape index (κ2) is 18.1. The quantitative estimate of drug-likeness (QED) is 0.197. The van der Waals surface area contributed by atoms with Gasteiger partial charge in [0.1, 0.15) is 0 Å². The van der Waals surface area contributed by atoms with Gasteiger partial charge in [0.05, 0.1) is 7.11 Å². The van der Waals surface area contributed by atoms with Crippen molar-refractivity contribution in [1.29, 1.82) is 0 Å². The van der Waals surface area contributed by atoms with Crippen LogP contribution in [0.15, 0.2) is 0 Å². The molecule has 0 aromatic heterocycles. The summed E-state index contributed by atoms with van der Waals surface area (Å²) in [6.45, 7) is 0. The van der Waals surface area contributed by atoms with Crippen molar-refractivity contribution >= 4 is 5.97 Å². The molecule has 0 fully saturated rings. The van der Waals surface area contributed by atoms with Crippen LogP contribution in [0.4, 0.5) is 0 Å². The zero-order valence-corrected chi connectivity index (χ0v) is 14.7. The zero-order chi connectivity index (χ0) is 16.3. The Balaban J connectivity index is 3.00. The summed E-state index contributed by atoms with van der Waals surface area (Å²) in [4.78, 5) is 10.9. The summed E-state index contributed by atoms with van der Waals surface area (Å²) in [6.07, 6.45) is 25.0. The molecule has 0 aliphatic rings. The van der Waals surface area contributed by atoms with Crippen molar-refractivity contribution < 1.29 is 9.53 Å². The van der Waals surface area contributed by atoms with Gasteiger partial charge in [0, 0.05) is 12.8 Å². The Morgan fingerprint density at radius 2 is 1.09 bits per heavy atom. The fraction of sp³-hybridized carbons (Fsp3) is 0.850. The molecule has 0 aliphatic carbocycles. The first-order valence-corrected chi connectivity index (χ1v) is 9.31. The van der Waals surface area contributed by atoms with Gasteiger partial charge in [-0.25, -0.2) is 0 Å². The number of unbranched alkanes of at least 4 members (excludes halogenated alkanes) is 14. The normalized spacial score (nSPS) is 10.4. The van der Waals surface area contributed by atoms with Gasteiger partial charge in [-0.3, -0.25) is 4.79 Å². The molecule has 0 bridgehead atoms. The van der Waals surface area contributed by atoms with Gasteiger partial charge in [-0.1, -0.05) is 77.0 Å². The Bertz CT molecular complexity index is 278. The largest absolute Gasteiger partial charge is 0.469 e. The molecule has 0 aromatic carbocycles. The minimum absolute atomic E-state index is 0.0731. The van der Waals surface area contributed by atoms with Crippen LogP contribution in [0.5, 0.6) is 0 Å². The predicted molar refractivity (Wildman–Crippen MR) is 94.7 cm³/mol. The standard InChI is InChI=1S/C20H36O2/c1-3-4-5-6-7-8-9-10-11-12-13-14-15-16-17-18-19-20(21)22-2/h1H,4-19H2,2H3. The van der Waals surface area contributed by atoms with Crippen LogP contribution in [0, 0.1) is 12.3 Å². The molecule has 128 valence electrons. The number of rotatable bonds is 16. The van der Waals surface area contributed by atoms with E-state index in [2.05, 4.69) is 10.7 Å². The van der Waals surface area contributed by atoms with E-state index in [1.165, 1.54) is 84.2 Å². The minimum atomic E-state index is -0.0731. The van der Waals surface area contributed by atoms with E-state index in [-0.39, 0.29) is 5.97 Å². The molecule has 0 radical (unpaired) electrons. The summed E-state index contributed by atoms with van der Waals surface area (Å²) >= 11 is 0. The third kappa shape index (κ3) is 17.1. The lowest BCUT2D eigenvalue weighted by molar-refractivity contribution is -0.140. The average Bonchev–Trinajstić information content (AvgIpc) is 2.54. The zero-order valence-electron chi connectivity index (χ0n) is 14.7. The van der Waals surface area contributed by atoms with E-state index >= 15 is 0 Å². The molecule has 2 heteroatoms. The van der Waals surface area contributed by atoms with Crippen molar-refractivity contribution in [3.63, 3.8) is 0 Å². The van der Waals surface area contributed by atoms with Gasteiger partial charge in [-0.05, 0) is 12.8 Å². The predicted octanol–water partition coefficient (Wildman–Crippen LogP) is 6.03.